The molecule has 7 heteroatoms. The number of carbonyl (C=O) groups excluding carboxylic acids is 2. The van der Waals surface area contributed by atoms with Crippen LogP contribution in [0.2, 0.25) is 0 Å². The molecule has 0 spiro atoms. The summed E-state index contributed by atoms with van der Waals surface area (Å²) in [6, 6.07) is 9.56. The minimum Gasteiger partial charge on any atom is -0.347 e. The van der Waals surface area contributed by atoms with Gasteiger partial charge in [0.25, 0.3) is 11.8 Å². The van der Waals surface area contributed by atoms with Crippen LogP contribution in [0.4, 0.5) is 5.69 Å². The zero-order valence-electron chi connectivity index (χ0n) is 13.5. The minimum absolute atomic E-state index is 0.194. The van der Waals surface area contributed by atoms with Gasteiger partial charge in [-0.1, -0.05) is 24.3 Å². The second-order valence-corrected chi connectivity index (χ2v) is 6.23. The van der Waals surface area contributed by atoms with Crippen LogP contribution in [0, 0.1) is 6.92 Å². The van der Waals surface area contributed by atoms with E-state index in [2.05, 4.69) is 20.6 Å². The maximum absolute atomic E-state index is 12.4. The van der Waals surface area contributed by atoms with Crippen molar-refractivity contribution in [3.63, 3.8) is 0 Å². The van der Waals surface area contributed by atoms with Crippen LogP contribution in [0.25, 0.3) is 0 Å². The maximum atomic E-state index is 12.4. The number of aromatic nitrogens is 2. The SMILES string of the molecule is Cc1ccccc1CNC(=O)c1sccc1NC(=O)c1cnccn1. The van der Waals surface area contributed by atoms with Gasteiger partial charge in [-0.25, -0.2) is 4.98 Å². The third kappa shape index (κ3) is 4.07. The Bertz CT molecular complexity index is 893. The van der Waals surface area contributed by atoms with Gasteiger partial charge in [-0.2, -0.15) is 0 Å². The van der Waals surface area contributed by atoms with Gasteiger partial charge in [-0.15, -0.1) is 11.3 Å². The molecule has 0 fully saturated rings. The third-order valence-electron chi connectivity index (χ3n) is 3.62. The first-order valence-corrected chi connectivity index (χ1v) is 8.50. The molecule has 2 N–H and O–H groups in total. The molecular weight excluding hydrogens is 336 g/mol. The molecule has 2 amide bonds. The van der Waals surface area contributed by atoms with Gasteiger partial charge in [-0.05, 0) is 29.5 Å². The average Bonchev–Trinajstić information content (AvgIpc) is 3.09. The van der Waals surface area contributed by atoms with Crippen LogP contribution in [0.1, 0.15) is 31.3 Å². The maximum Gasteiger partial charge on any atom is 0.275 e. The van der Waals surface area contributed by atoms with E-state index in [0.717, 1.165) is 11.1 Å². The molecule has 0 aliphatic heterocycles. The van der Waals surface area contributed by atoms with E-state index in [1.165, 1.54) is 29.9 Å². The second-order valence-electron chi connectivity index (χ2n) is 5.32. The molecule has 25 heavy (non-hydrogen) atoms. The first-order chi connectivity index (χ1) is 12.1. The largest absolute Gasteiger partial charge is 0.347 e. The minimum atomic E-state index is -0.403. The normalized spacial score (nSPS) is 10.3. The van der Waals surface area contributed by atoms with Gasteiger partial charge in [0.05, 0.1) is 11.9 Å². The van der Waals surface area contributed by atoms with E-state index in [1.54, 1.807) is 11.4 Å². The summed E-state index contributed by atoms with van der Waals surface area (Å²) in [5.74, 6) is -0.632. The van der Waals surface area contributed by atoms with Crippen molar-refractivity contribution < 1.29 is 9.59 Å². The summed E-state index contributed by atoms with van der Waals surface area (Å²) in [7, 11) is 0. The molecule has 2 aromatic heterocycles. The Morgan fingerprint density at radius 1 is 1.12 bits per heavy atom. The van der Waals surface area contributed by atoms with Gasteiger partial charge in [0.1, 0.15) is 10.6 Å². The molecular formula is C18H16N4O2S. The summed E-state index contributed by atoms with van der Waals surface area (Å²) in [4.78, 5) is 32.9. The topological polar surface area (TPSA) is 84.0 Å². The fraction of sp³-hybridized carbons (Fsp3) is 0.111. The van der Waals surface area contributed by atoms with Gasteiger partial charge in [0.2, 0.25) is 0 Å². The van der Waals surface area contributed by atoms with E-state index in [1.807, 2.05) is 31.2 Å². The molecule has 3 aromatic rings. The van der Waals surface area contributed by atoms with E-state index >= 15 is 0 Å². The van der Waals surface area contributed by atoms with Crippen molar-refractivity contribution >= 4 is 28.8 Å². The number of hydrogen-bond donors (Lipinski definition) is 2. The van der Waals surface area contributed by atoms with Crippen LogP contribution in [-0.2, 0) is 6.54 Å². The van der Waals surface area contributed by atoms with Crippen molar-refractivity contribution in [2.45, 2.75) is 13.5 Å². The molecule has 0 atom stereocenters. The smallest absolute Gasteiger partial charge is 0.275 e. The van der Waals surface area contributed by atoms with E-state index in [0.29, 0.717) is 17.1 Å². The lowest BCUT2D eigenvalue weighted by atomic mass is 10.1. The number of amides is 2. The highest BCUT2D eigenvalue weighted by atomic mass is 32.1. The summed E-state index contributed by atoms with van der Waals surface area (Å²) in [5, 5.41) is 7.35. The number of benzene rings is 1. The van der Waals surface area contributed by atoms with Gasteiger partial charge in [-0.3, -0.25) is 14.6 Å². The van der Waals surface area contributed by atoms with Crippen molar-refractivity contribution in [1.82, 2.24) is 15.3 Å². The molecule has 6 nitrogen and oxygen atoms in total. The zero-order chi connectivity index (χ0) is 17.6. The van der Waals surface area contributed by atoms with Crippen molar-refractivity contribution in [3.8, 4) is 0 Å². The number of nitrogens with one attached hydrogen (secondary N) is 2. The second kappa shape index (κ2) is 7.67. The van der Waals surface area contributed by atoms with E-state index in [-0.39, 0.29) is 11.6 Å². The van der Waals surface area contributed by atoms with Crippen LogP contribution in [0.3, 0.4) is 0 Å². The summed E-state index contributed by atoms with van der Waals surface area (Å²) >= 11 is 1.27. The quantitative estimate of drug-likeness (QED) is 0.739. The monoisotopic (exact) mass is 352 g/mol. The van der Waals surface area contributed by atoms with Crippen molar-refractivity contribution in [3.05, 3.63) is 76.0 Å². The van der Waals surface area contributed by atoms with E-state index < -0.39 is 5.91 Å². The molecule has 0 saturated heterocycles. The lowest BCUT2D eigenvalue weighted by Gasteiger charge is -2.09. The van der Waals surface area contributed by atoms with Crippen LogP contribution >= 0.6 is 11.3 Å². The van der Waals surface area contributed by atoms with Crippen LogP contribution in [0.5, 0.6) is 0 Å². The van der Waals surface area contributed by atoms with Crippen molar-refractivity contribution in [2.24, 2.45) is 0 Å². The number of anilines is 1. The van der Waals surface area contributed by atoms with Crippen LogP contribution < -0.4 is 10.6 Å². The Morgan fingerprint density at radius 2 is 1.96 bits per heavy atom. The molecule has 0 bridgehead atoms. The third-order valence-corrected chi connectivity index (χ3v) is 4.53. The molecule has 1 aromatic carbocycles. The number of nitrogens with zero attached hydrogens (tertiary/aromatic N) is 2. The van der Waals surface area contributed by atoms with Gasteiger partial charge in [0, 0.05) is 18.9 Å². The predicted octanol–water partition coefficient (Wildman–Crippen LogP) is 3.03. The fourth-order valence-corrected chi connectivity index (χ4v) is 3.02. The summed E-state index contributed by atoms with van der Waals surface area (Å²) in [6.07, 6.45) is 4.31. The predicted molar refractivity (Wildman–Crippen MR) is 96.7 cm³/mol. The highest BCUT2D eigenvalue weighted by molar-refractivity contribution is 7.12. The highest BCUT2D eigenvalue weighted by Crippen LogP contribution is 2.23. The van der Waals surface area contributed by atoms with E-state index in [4.69, 9.17) is 0 Å². The molecule has 0 saturated carbocycles. The summed E-state index contributed by atoms with van der Waals surface area (Å²) in [5.41, 5.74) is 2.82. The van der Waals surface area contributed by atoms with Gasteiger partial charge < -0.3 is 10.6 Å². The molecule has 2 heterocycles. The molecule has 0 unspecified atom stereocenters. The Morgan fingerprint density at radius 3 is 2.72 bits per heavy atom. The molecule has 0 aliphatic rings. The lowest BCUT2D eigenvalue weighted by Crippen LogP contribution is -2.24. The Kier molecular flexibility index (Phi) is 5.15. The van der Waals surface area contributed by atoms with Crippen LogP contribution in [0.15, 0.2) is 54.3 Å². The fourth-order valence-electron chi connectivity index (χ4n) is 2.25. The first-order valence-electron chi connectivity index (χ1n) is 7.62. The summed E-state index contributed by atoms with van der Waals surface area (Å²) < 4.78 is 0. The van der Waals surface area contributed by atoms with Gasteiger partial charge in [0.15, 0.2) is 0 Å². The number of rotatable bonds is 5. The number of thiophene rings is 1. The van der Waals surface area contributed by atoms with Crippen LogP contribution in [-0.4, -0.2) is 21.8 Å². The number of hydrogen-bond acceptors (Lipinski definition) is 5. The zero-order valence-corrected chi connectivity index (χ0v) is 14.3. The van der Waals surface area contributed by atoms with Gasteiger partial charge >= 0.3 is 0 Å². The lowest BCUT2D eigenvalue weighted by molar-refractivity contribution is 0.0955. The van der Waals surface area contributed by atoms with E-state index in [9.17, 15) is 9.59 Å². The molecule has 0 aliphatic carbocycles. The average molecular weight is 352 g/mol. The molecule has 0 radical (unpaired) electrons. The van der Waals surface area contributed by atoms with Crippen molar-refractivity contribution in [1.29, 1.82) is 0 Å². The standard InChI is InChI=1S/C18H16N4O2S/c1-12-4-2-3-5-13(12)10-21-18(24)16-14(6-9-25-16)22-17(23)15-11-19-7-8-20-15/h2-9,11H,10H2,1H3,(H,21,24)(H,22,23). The Balaban J connectivity index is 1.67. The Hall–Kier alpha value is -3.06. The molecule has 3 rings (SSSR count). The van der Waals surface area contributed by atoms with Crippen molar-refractivity contribution in [2.75, 3.05) is 5.32 Å². The number of carbonyl (C=O) groups is 2. The molecule has 126 valence electrons. The first kappa shape index (κ1) is 16.8. The summed E-state index contributed by atoms with van der Waals surface area (Å²) in [6.45, 7) is 2.43. The highest BCUT2D eigenvalue weighted by Gasteiger charge is 2.16. The Labute approximate surface area is 149 Å². The number of aryl methyl sites for hydroxylation is 1.